The molecular weight excluding hydrogens is 424 g/mol. The summed E-state index contributed by atoms with van der Waals surface area (Å²) in [5.74, 6) is 0.392. The van der Waals surface area contributed by atoms with Crippen LogP contribution in [0.2, 0.25) is 0 Å². The van der Waals surface area contributed by atoms with Crippen LogP contribution in [0.3, 0.4) is 0 Å². The average molecular weight is 455 g/mol. The number of aromatic nitrogens is 5. The van der Waals surface area contributed by atoms with E-state index in [1.807, 2.05) is 72.0 Å². The number of aldehydes is 1. The van der Waals surface area contributed by atoms with E-state index in [0.29, 0.717) is 17.1 Å². The molecule has 174 valence electrons. The van der Waals surface area contributed by atoms with Gasteiger partial charge >= 0.3 is 0 Å². The molecule has 0 spiro atoms. The maximum atomic E-state index is 11.5. The van der Waals surface area contributed by atoms with Gasteiger partial charge in [-0.15, -0.1) is 0 Å². The SMILES string of the molecule is C=CC=C(C)C.CC.Cc1ccc2c(-c3ccc(C=O)c(-n4nc(C#N)cc4C)n3)cnn2c1. The molecule has 0 aliphatic carbocycles. The quantitative estimate of drug-likeness (QED) is 0.277. The molecule has 0 aliphatic rings. The molecule has 0 aromatic carbocycles. The van der Waals surface area contributed by atoms with Crippen LogP contribution in [0.15, 0.2) is 67.0 Å². The predicted octanol–water partition coefficient (Wildman–Crippen LogP) is 6.05. The van der Waals surface area contributed by atoms with Crippen LogP contribution in [-0.2, 0) is 0 Å². The lowest BCUT2D eigenvalue weighted by Crippen LogP contribution is -2.07. The first-order chi connectivity index (χ1) is 16.4. The third kappa shape index (κ3) is 5.93. The maximum absolute atomic E-state index is 11.5. The number of hydrogen-bond acceptors (Lipinski definition) is 5. The zero-order valence-electron chi connectivity index (χ0n) is 20.6. The molecule has 0 saturated carbocycles. The number of nitrogens with zero attached hydrogens (tertiary/aromatic N) is 6. The Morgan fingerprint density at radius 2 is 1.88 bits per heavy atom. The number of nitriles is 1. The minimum absolute atomic E-state index is 0.276. The molecule has 0 unspecified atom stereocenters. The zero-order valence-corrected chi connectivity index (χ0v) is 20.6. The highest BCUT2D eigenvalue weighted by atomic mass is 16.1. The molecule has 34 heavy (non-hydrogen) atoms. The number of carbonyl (C=O) groups excluding carboxylic acids is 1. The van der Waals surface area contributed by atoms with Gasteiger partial charge in [0.1, 0.15) is 6.07 Å². The number of hydrogen-bond donors (Lipinski definition) is 0. The van der Waals surface area contributed by atoms with Crippen LogP contribution in [0.5, 0.6) is 0 Å². The Morgan fingerprint density at radius 1 is 1.15 bits per heavy atom. The summed E-state index contributed by atoms with van der Waals surface area (Å²) in [6.45, 7) is 15.4. The van der Waals surface area contributed by atoms with Gasteiger partial charge in [-0.25, -0.2) is 14.2 Å². The lowest BCUT2D eigenvalue weighted by molar-refractivity contribution is 0.112. The van der Waals surface area contributed by atoms with E-state index in [2.05, 4.69) is 21.8 Å². The van der Waals surface area contributed by atoms with Crippen LogP contribution in [0.25, 0.3) is 22.6 Å². The van der Waals surface area contributed by atoms with E-state index < -0.39 is 0 Å². The Balaban J connectivity index is 0.000000447. The first-order valence-electron chi connectivity index (χ1n) is 11.0. The van der Waals surface area contributed by atoms with Gasteiger partial charge in [0.25, 0.3) is 0 Å². The van der Waals surface area contributed by atoms with Gasteiger partial charge in [0, 0.05) is 17.5 Å². The average Bonchev–Trinajstić information content (AvgIpc) is 3.43. The fraction of sp³-hybridized carbons (Fsp3) is 0.222. The van der Waals surface area contributed by atoms with Crippen LogP contribution in [0.1, 0.15) is 55.0 Å². The summed E-state index contributed by atoms with van der Waals surface area (Å²) in [4.78, 5) is 16.1. The second kappa shape index (κ2) is 12.1. The molecule has 4 rings (SSSR count). The van der Waals surface area contributed by atoms with Gasteiger partial charge in [-0.2, -0.15) is 15.5 Å². The van der Waals surface area contributed by atoms with Crippen LogP contribution in [0, 0.1) is 25.2 Å². The Bertz CT molecular complexity index is 1360. The maximum Gasteiger partial charge on any atom is 0.164 e. The smallest absolute Gasteiger partial charge is 0.164 e. The Labute approximate surface area is 200 Å². The minimum Gasteiger partial charge on any atom is -0.298 e. The number of rotatable bonds is 4. The van der Waals surface area contributed by atoms with E-state index >= 15 is 0 Å². The Hall–Kier alpha value is -4.31. The van der Waals surface area contributed by atoms with Crippen molar-refractivity contribution in [1.29, 1.82) is 5.26 Å². The van der Waals surface area contributed by atoms with Crippen molar-refractivity contribution in [2.75, 3.05) is 0 Å². The second-order valence-corrected chi connectivity index (χ2v) is 7.50. The van der Waals surface area contributed by atoms with Gasteiger partial charge in [0.05, 0.1) is 23.0 Å². The van der Waals surface area contributed by atoms with Crippen LogP contribution in [0.4, 0.5) is 0 Å². The molecule has 0 amide bonds. The number of fused-ring (bicyclic) bond motifs is 1. The standard InChI is InChI=1S/C19H14N6O.C6H10.C2H6/c1-12-3-6-18-16(9-21-24(18)10-12)17-5-4-14(11-26)19(22-17)25-13(2)7-15(8-20)23-25;1-4-5-6(2)3;1-2/h3-7,9-11H,1-2H3;4-5H,1H2,2-3H3;1-2H3. The van der Waals surface area contributed by atoms with Crippen LogP contribution >= 0.6 is 0 Å². The lowest BCUT2D eigenvalue weighted by atomic mass is 10.1. The van der Waals surface area contributed by atoms with Crippen LogP contribution < -0.4 is 0 Å². The lowest BCUT2D eigenvalue weighted by Gasteiger charge is -2.08. The summed E-state index contributed by atoms with van der Waals surface area (Å²) >= 11 is 0. The molecule has 0 atom stereocenters. The largest absolute Gasteiger partial charge is 0.298 e. The fourth-order valence-corrected chi connectivity index (χ4v) is 3.13. The molecular formula is C27H30N6O. The second-order valence-electron chi connectivity index (χ2n) is 7.50. The topological polar surface area (TPSA) is 88.9 Å². The van der Waals surface area contributed by atoms with Gasteiger partial charge in [0.2, 0.25) is 0 Å². The predicted molar refractivity (Wildman–Crippen MR) is 136 cm³/mol. The van der Waals surface area contributed by atoms with E-state index in [4.69, 9.17) is 5.26 Å². The van der Waals surface area contributed by atoms with Crippen molar-refractivity contribution in [1.82, 2.24) is 24.4 Å². The molecule has 4 aromatic heterocycles. The molecule has 0 bridgehead atoms. The highest BCUT2D eigenvalue weighted by Gasteiger charge is 2.15. The van der Waals surface area contributed by atoms with Crippen molar-refractivity contribution in [3.05, 3.63) is 89.5 Å². The first kappa shape index (κ1) is 25.9. The van der Waals surface area contributed by atoms with Gasteiger partial charge in [-0.3, -0.25) is 4.79 Å². The number of aryl methyl sites for hydroxylation is 2. The van der Waals surface area contributed by atoms with Crippen molar-refractivity contribution in [2.45, 2.75) is 41.5 Å². The molecule has 7 nitrogen and oxygen atoms in total. The van der Waals surface area contributed by atoms with Crippen molar-refractivity contribution in [2.24, 2.45) is 0 Å². The zero-order chi connectivity index (χ0) is 25.3. The highest BCUT2D eigenvalue weighted by Crippen LogP contribution is 2.25. The number of pyridine rings is 2. The van der Waals surface area contributed by atoms with Gasteiger partial charge in [-0.05, 0) is 57.5 Å². The molecule has 4 aromatic rings. The van der Waals surface area contributed by atoms with E-state index in [1.165, 1.54) is 10.3 Å². The number of carbonyl (C=O) groups is 1. The summed E-state index contributed by atoms with van der Waals surface area (Å²) in [6, 6.07) is 11.1. The molecule has 0 radical (unpaired) electrons. The number of allylic oxidation sites excluding steroid dienone is 3. The molecule has 0 fully saturated rings. The van der Waals surface area contributed by atoms with Crippen molar-refractivity contribution in [3.63, 3.8) is 0 Å². The van der Waals surface area contributed by atoms with E-state index in [1.54, 1.807) is 35.0 Å². The van der Waals surface area contributed by atoms with Crippen molar-refractivity contribution < 1.29 is 4.79 Å². The van der Waals surface area contributed by atoms with Gasteiger partial charge in [-0.1, -0.05) is 44.2 Å². The molecule has 0 N–H and O–H groups in total. The molecule has 0 saturated heterocycles. The highest BCUT2D eigenvalue weighted by molar-refractivity contribution is 5.83. The first-order valence-corrected chi connectivity index (χ1v) is 11.0. The monoisotopic (exact) mass is 454 g/mol. The minimum atomic E-state index is 0.276. The molecule has 0 aliphatic heterocycles. The fourth-order valence-electron chi connectivity index (χ4n) is 3.13. The van der Waals surface area contributed by atoms with E-state index in [0.717, 1.165) is 28.6 Å². The Morgan fingerprint density at radius 3 is 2.44 bits per heavy atom. The summed E-state index contributed by atoms with van der Waals surface area (Å²) in [6.07, 6.45) is 8.18. The third-order valence-corrected chi connectivity index (χ3v) is 4.63. The van der Waals surface area contributed by atoms with Gasteiger partial charge < -0.3 is 0 Å². The summed E-state index contributed by atoms with van der Waals surface area (Å²) in [5, 5.41) is 17.7. The summed E-state index contributed by atoms with van der Waals surface area (Å²) < 4.78 is 3.31. The molecule has 4 heterocycles. The van der Waals surface area contributed by atoms with Crippen molar-refractivity contribution >= 4 is 11.8 Å². The normalized spacial score (nSPS) is 9.68. The summed E-state index contributed by atoms with van der Waals surface area (Å²) in [5.41, 5.74) is 6.26. The third-order valence-electron chi connectivity index (χ3n) is 4.63. The van der Waals surface area contributed by atoms with Gasteiger partial charge in [0.15, 0.2) is 17.8 Å². The van der Waals surface area contributed by atoms with Crippen molar-refractivity contribution in [3.8, 4) is 23.1 Å². The Kier molecular flexibility index (Phi) is 9.21. The molecule has 7 heteroatoms. The van der Waals surface area contributed by atoms with E-state index in [-0.39, 0.29) is 5.69 Å². The van der Waals surface area contributed by atoms with E-state index in [9.17, 15) is 4.79 Å². The van der Waals surface area contributed by atoms with Crippen LogP contribution in [-0.4, -0.2) is 30.7 Å². The summed E-state index contributed by atoms with van der Waals surface area (Å²) in [7, 11) is 0.